The van der Waals surface area contributed by atoms with E-state index in [-0.39, 0.29) is 0 Å². The van der Waals surface area contributed by atoms with Gasteiger partial charge in [-0.05, 0) is 16.7 Å². The highest BCUT2D eigenvalue weighted by atomic mass is 15.2. The summed E-state index contributed by atoms with van der Waals surface area (Å²) in [7, 11) is 0. The molecule has 104 valence electrons. The fraction of sp³-hybridized carbons (Fsp3) is 0.600. The summed E-state index contributed by atoms with van der Waals surface area (Å²) in [5.74, 6) is 0. The SMILES string of the molecule is c1c2cc3cc1CNCCN(CCNC2)CCNC3. The molecule has 1 aromatic rings. The van der Waals surface area contributed by atoms with Gasteiger partial charge in [-0.2, -0.15) is 0 Å². The highest BCUT2D eigenvalue weighted by Gasteiger charge is 2.09. The number of hydrogen-bond acceptors (Lipinski definition) is 4. The fourth-order valence-electron chi connectivity index (χ4n) is 2.89. The van der Waals surface area contributed by atoms with Crippen molar-refractivity contribution < 1.29 is 0 Å². The molecule has 1 aromatic carbocycles. The quantitative estimate of drug-likeness (QED) is 0.627. The van der Waals surface area contributed by atoms with E-state index in [1.54, 1.807) is 0 Å². The van der Waals surface area contributed by atoms with Crippen LogP contribution in [0.5, 0.6) is 0 Å². The van der Waals surface area contributed by atoms with E-state index in [0.717, 1.165) is 58.9 Å². The maximum atomic E-state index is 3.57. The summed E-state index contributed by atoms with van der Waals surface area (Å²) in [5.41, 5.74) is 4.22. The second-order valence-electron chi connectivity index (χ2n) is 5.53. The zero-order valence-corrected chi connectivity index (χ0v) is 11.5. The number of hydrogen-bond donors (Lipinski definition) is 3. The zero-order valence-electron chi connectivity index (χ0n) is 11.5. The molecule has 0 atom stereocenters. The first-order chi connectivity index (χ1) is 9.40. The van der Waals surface area contributed by atoms with Gasteiger partial charge < -0.3 is 16.0 Å². The van der Waals surface area contributed by atoms with Crippen molar-refractivity contribution in [2.45, 2.75) is 19.6 Å². The molecule has 0 aromatic heterocycles. The molecular weight excluding hydrogens is 236 g/mol. The van der Waals surface area contributed by atoms with Crippen molar-refractivity contribution in [3.05, 3.63) is 34.9 Å². The van der Waals surface area contributed by atoms with Crippen molar-refractivity contribution in [3.8, 4) is 0 Å². The van der Waals surface area contributed by atoms with Crippen LogP contribution >= 0.6 is 0 Å². The van der Waals surface area contributed by atoms with Crippen molar-refractivity contribution in [2.24, 2.45) is 0 Å². The Morgan fingerprint density at radius 3 is 1.37 bits per heavy atom. The minimum absolute atomic E-state index is 0.981. The van der Waals surface area contributed by atoms with E-state index in [4.69, 9.17) is 0 Å². The highest BCUT2D eigenvalue weighted by Crippen LogP contribution is 2.11. The number of benzene rings is 1. The Morgan fingerprint density at radius 2 is 1.00 bits per heavy atom. The van der Waals surface area contributed by atoms with Crippen molar-refractivity contribution in [1.82, 2.24) is 20.9 Å². The van der Waals surface area contributed by atoms with E-state index in [1.165, 1.54) is 16.7 Å². The van der Waals surface area contributed by atoms with Gasteiger partial charge in [-0.1, -0.05) is 18.2 Å². The predicted molar refractivity (Wildman–Crippen MR) is 78.0 cm³/mol. The van der Waals surface area contributed by atoms with Crippen molar-refractivity contribution >= 4 is 0 Å². The molecule has 0 aliphatic carbocycles. The molecule has 4 heteroatoms. The van der Waals surface area contributed by atoms with Crippen LogP contribution in [0.2, 0.25) is 0 Å². The third-order valence-corrected chi connectivity index (χ3v) is 3.91. The fourth-order valence-corrected chi connectivity index (χ4v) is 2.89. The Hall–Kier alpha value is -0.940. The Kier molecular flexibility index (Phi) is 4.45. The molecule has 0 saturated carbocycles. The van der Waals surface area contributed by atoms with Gasteiger partial charge in [0.1, 0.15) is 0 Å². The Balaban J connectivity index is 1.88. The lowest BCUT2D eigenvalue weighted by molar-refractivity contribution is 0.270. The normalized spacial score (nSPS) is 22.1. The predicted octanol–water partition coefficient (Wildman–Crippen LogP) is 0.285. The first kappa shape index (κ1) is 13.1. The van der Waals surface area contributed by atoms with Crippen LogP contribution in [0.3, 0.4) is 0 Å². The molecule has 3 aliphatic heterocycles. The summed E-state index contributed by atoms with van der Waals surface area (Å²) < 4.78 is 0. The highest BCUT2D eigenvalue weighted by molar-refractivity contribution is 5.30. The van der Waals surface area contributed by atoms with E-state index in [2.05, 4.69) is 39.0 Å². The molecule has 3 N–H and O–H groups in total. The molecule has 0 spiro atoms. The molecule has 19 heavy (non-hydrogen) atoms. The third kappa shape index (κ3) is 3.76. The minimum atomic E-state index is 0.981. The Labute approximate surface area is 115 Å². The molecule has 4 rings (SSSR count). The molecular formula is C15H24N4. The van der Waals surface area contributed by atoms with Gasteiger partial charge in [0.05, 0.1) is 0 Å². The zero-order chi connectivity index (χ0) is 12.9. The van der Waals surface area contributed by atoms with Gasteiger partial charge in [-0.25, -0.2) is 0 Å². The summed E-state index contributed by atoms with van der Waals surface area (Å²) in [4.78, 5) is 2.54. The maximum Gasteiger partial charge on any atom is 0.0206 e. The molecule has 4 nitrogen and oxygen atoms in total. The second-order valence-corrected chi connectivity index (χ2v) is 5.53. The van der Waals surface area contributed by atoms with Gasteiger partial charge in [0.25, 0.3) is 0 Å². The number of fused-ring (bicyclic) bond motifs is 9. The molecule has 4 bridgehead atoms. The number of nitrogens with zero attached hydrogens (tertiary/aromatic N) is 1. The van der Waals surface area contributed by atoms with Gasteiger partial charge in [0, 0.05) is 58.9 Å². The lowest BCUT2D eigenvalue weighted by Gasteiger charge is -2.25. The summed E-state index contributed by atoms with van der Waals surface area (Å²) in [6, 6.07) is 6.98. The van der Waals surface area contributed by atoms with Crippen LogP contribution in [-0.4, -0.2) is 44.2 Å². The van der Waals surface area contributed by atoms with Crippen molar-refractivity contribution in [3.63, 3.8) is 0 Å². The lowest BCUT2D eigenvalue weighted by Crippen LogP contribution is -2.41. The Morgan fingerprint density at radius 1 is 0.632 bits per heavy atom. The van der Waals surface area contributed by atoms with Crippen LogP contribution in [-0.2, 0) is 19.6 Å². The first-order valence-electron chi connectivity index (χ1n) is 7.36. The van der Waals surface area contributed by atoms with Crippen LogP contribution in [0.25, 0.3) is 0 Å². The molecule has 3 aliphatic rings. The van der Waals surface area contributed by atoms with E-state index in [1.807, 2.05) is 0 Å². The molecule has 0 amide bonds. The lowest BCUT2D eigenvalue weighted by atomic mass is 10.0. The van der Waals surface area contributed by atoms with Gasteiger partial charge in [0.15, 0.2) is 0 Å². The van der Waals surface area contributed by atoms with E-state index < -0.39 is 0 Å². The van der Waals surface area contributed by atoms with Crippen LogP contribution in [0.4, 0.5) is 0 Å². The summed E-state index contributed by atoms with van der Waals surface area (Å²) in [6.07, 6.45) is 0. The summed E-state index contributed by atoms with van der Waals surface area (Å²) >= 11 is 0. The largest absolute Gasteiger partial charge is 0.311 e. The second kappa shape index (κ2) is 6.48. The van der Waals surface area contributed by atoms with Gasteiger partial charge in [-0.15, -0.1) is 0 Å². The van der Waals surface area contributed by atoms with Crippen LogP contribution in [0, 0.1) is 0 Å². The number of nitrogens with one attached hydrogen (secondary N) is 3. The minimum Gasteiger partial charge on any atom is -0.311 e. The molecule has 0 unspecified atom stereocenters. The van der Waals surface area contributed by atoms with Crippen LogP contribution in [0.15, 0.2) is 18.2 Å². The summed E-state index contributed by atoms with van der Waals surface area (Å²) in [5, 5.41) is 10.7. The van der Waals surface area contributed by atoms with E-state index in [9.17, 15) is 0 Å². The topological polar surface area (TPSA) is 39.3 Å². The van der Waals surface area contributed by atoms with Crippen molar-refractivity contribution in [1.29, 1.82) is 0 Å². The Bertz CT molecular complexity index is 344. The molecule has 0 radical (unpaired) electrons. The van der Waals surface area contributed by atoms with E-state index >= 15 is 0 Å². The standard InChI is InChI=1S/C15H24N4/c1-4-19-5-2-17-11-14-7-13(10-16-1)8-15(9-14)12-18-3-6-19/h7-9,16-18H,1-6,10-12H2. The average Bonchev–Trinajstić information content (AvgIpc) is 2.40. The number of rotatable bonds is 0. The van der Waals surface area contributed by atoms with E-state index in [0.29, 0.717) is 0 Å². The van der Waals surface area contributed by atoms with Crippen LogP contribution in [0.1, 0.15) is 16.7 Å². The van der Waals surface area contributed by atoms with Gasteiger partial charge >= 0.3 is 0 Å². The first-order valence-corrected chi connectivity index (χ1v) is 7.36. The summed E-state index contributed by atoms with van der Waals surface area (Å²) in [6.45, 7) is 9.55. The third-order valence-electron chi connectivity index (χ3n) is 3.91. The molecule has 0 fully saturated rings. The van der Waals surface area contributed by atoms with Crippen LogP contribution < -0.4 is 16.0 Å². The maximum absolute atomic E-state index is 3.57. The van der Waals surface area contributed by atoms with Gasteiger partial charge in [-0.3, -0.25) is 4.90 Å². The monoisotopic (exact) mass is 260 g/mol. The van der Waals surface area contributed by atoms with Gasteiger partial charge in [0.2, 0.25) is 0 Å². The molecule has 3 heterocycles. The average molecular weight is 260 g/mol. The molecule has 0 saturated heterocycles. The smallest absolute Gasteiger partial charge is 0.0206 e. The van der Waals surface area contributed by atoms with Crippen molar-refractivity contribution in [2.75, 3.05) is 39.3 Å².